The smallest absolute Gasteiger partial charge is 0.326 e. The topological polar surface area (TPSA) is 256 Å². The number of unbranched alkanes of at least 4 members (excludes halogenated alkanes) is 1. The molecule has 4 atom stereocenters. The lowest BCUT2D eigenvalue weighted by atomic mass is 10.1. The van der Waals surface area contributed by atoms with Crippen LogP contribution < -0.4 is 43.8 Å². The Kier molecular flexibility index (Phi) is 14.6. The second-order valence-corrected chi connectivity index (χ2v) is 8.85. The number of nitrogens with two attached hydrogens (primary N) is 3. The van der Waals surface area contributed by atoms with Crippen LogP contribution in [0.3, 0.4) is 0 Å². The Bertz CT molecular complexity index is 812. The first-order chi connectivity index (χ1) is 17.5. The minimum Gasteiger partial charge on any atom is -0.480 e. The third-order valence-electron chi connectivity index (χ3n) is 5.71. The number of hydrogen-bond donors (Lipinski definition) is 9. The van der Waals surface area contributed by atoms with E-state index in [1.807, 2.05) is 0 Å². The van der Waals surface area contributed by atoms with Gasteiger partial charge in [-0.1, -0.05) is 0 Å². The maximum Gasteiger partial charge on any atom is 0.326 e. The van der Waals surface area contributed by atoms with Gasteiger partial charge < -0.3 is 48.9 Å². The van der Waals surface area contributed by atoms with Crippen LogP contribution in [0.4, 0.5) is 0 Å². The molecule has 1 heterocycles. The molecule has 4 unspecified atom stereocenters. The molecule has 210 valence electrons. The van der Waals surface area contributed by atoms with Gasteiger partial charge in [0.15, 0.2) is 5.96 Å². The Labute approximate surface area is 216 Å². The molecule has 12 N–H and O–H groups in total. The Morgan fingerprint density at radius 1 is 1.00 bits per heavy atom. The number of guanidine groups is 1. The molecule has 0 aromatic heterocycles. The molecule has 37 heavy (non-hydrogen) atoms. The molecule has 0 aromatic carbocycles. The van der Waals surface area contributed by atoms with Crippen LogP contribution in [0.1, 0.15) is 51.9 Å². The summed E-state index contributed by atoms with van der Waals surface area (Å²) >= 11 is 0. The molecule has 0 radical (unpaired) electrons. The summed E-state index contributed by atoms with van der Waals surface area (Å²) in [6, 6.07) is -3.57. The summed E-state index contributed by atoms with van der Waals surface area (Å²) in [7, 11) is 0. The van der Waals surface area contributed by atoms with Crippen molar-refractivity contribution < 1.29 is 29.1 Å². The molecule has 1 saturated heterocycles. The van der Waals surface area contributed by atoms with E-state index in [0.717, 1.165) is 13.0 Å². The number of aliphatic imine (C=N–C) groups is 1. The van der Waals surface area contributed by atoms with Crippen molar-refractivity contribution in [3.05, 3.63) is 0 Å². The second kappa shape index (κ2) is 17.1. The normalized spacial score (nSPS) is 17.1. The highest BCUT2D eigenvalue weighted by Crippen LogP contribution is 2.05. The van der Waals surface area contributed by atoms with E-state index in [0.29, 0.717) is 32.2 Å². The molecule has 0 saturated carbocycles. The van der Waals surface area contributed by atoms with E-state index in [9.17, 15) is 29.1 Å². The van der Waals surface area contributed by atoms with Crippen molar-refractivity contribution in [2.24, 2.45) is 22.2 Å². The summed E-state index contributed by atoms with van der Waals surface area (Å²) < 4.78 is 0. The highest BCUT2D eigenvalue weighted by molar-refractivity contribution is 5.94. The lowest BCUT2D eigenvalue weighted by Gasteiger charge is -2.22. The van der Waals surface area contributed by atoms with Crippen molar-refractivity contribution in [2.75, 3.05) is 26.2 Å². The minimum atomic E-state index is -1.24. The SMILES string of the molecule is CC(NC(=O)C(CCCCN)NC(=O)CNC(=O)C1CCCN1)C(=O)NC(CCCN=C(N)N)C(=O)O. The standard InChI is InChI=1S/C22H41N9O6/c1-13(18(33)31-16(21(36)37)8-5-11-27-22(24)25)29-20(35)15(6-2-3-9-23)30-17(32)12-28-19(34)14-7-4-10-26-14/h13-16,26H,2-12,23H2,1H3,(H,28,34)(H,29,35)(H,30,32)(H,31,33)(H,36,37)(H4,24,25,27). The van der Waals surface area contributed by atoms with Crippen molar-refractivity contribution >= 4 is 35.6 Å². The van der Waals surface area contributed by atoms with Gasteiger partial charge in [0, 0.05) is 6.54 Å². The van der Waals surface area contributed by atoms with Gasteiger partial charge in [0.2, 0.25) is 23.6 Å². The van der Waals surface area contributed by atoms with Gasteiger partial charge in [-0.2, -0.15) is 0 Å². The predicted molar refractivity (Wildman–Crippen MR) is 136 cm³/mol. The van der Waals surface area contributed by atoms with Gasteiger partial charge in [-0.25, -0.2) is 4.79 Å². The van der Waals surface area contributed by atoms with Gasteiger partial charge >= 0.3 is 5.97 Å². The molecule has 15 heteroatoms. The van der Waals surface area contributed by atoms with Gasteiger partial charge in [-0.15, -0.1) is 0 Å². The molecule has 0 spiro atoms. The Hall–Kier alpha value is -3.46. The number of carboxylic acids is 1. The average molecular weight is 528 g/mol. The zero-order valence-electron chi connectivity index (χ0n) is 21.3. The molecule has 1 aliphatic heterocycles. The van der Waals surface area contributed by atoms with Gasteiger partial charge in [-0.3, -0.25) is 24.2 Å². The summed E-state index contributed by atoms with van der Waals surface area (Å²) in [6.07, 6.45) is 3.41. The zero-order chi connectivity index (χ0) is 27.8. The van der Waals surface area contributed by atoms with Gasteiger partial charge in [-0.05, 0) is 65.0 Å². The molecule has 0 aliphatic carbocycles. The number of amides is 4. The van der Waals surface area contributed by atoms with Gasteiger partial charge in [0.1, 0.15) is 18.1 Å². The fourth-order valence-corrected chi connectivity index (χ4v) is 3.64. The summed E-state index contributed by atoms with van der Waals surface area (Å²) in [5, 5.41) is 22.4. The van der Waals surface area contributed by atoms with Crippen LogP contribution >= 0.6 is 0 Å². The summed E-state index contributed by atoms with van der Waals surface area (Å²) in [5.41, 5.74) is 16.0. The predicted octanol–water partition coefficient (Wildman–Crippen LogP) is -3.40. The minimum absolute atomic E-state index is 0.0817. The highest BCUT2D eigenvalue weighted by Gasteiger charge is 2.27. The van der Waals surface area contributed by atoms with Crippen LogP contribution in [-0.2, 0) is 24.0 Å². The molecule has 1 fully saturated rings. The second-order valence-electron chi connectivity index (χ2n) is 8.85. The molecule has 0 bridgehead atoms. The van der Waals surface area contributed by atoms with Crippen molar-refractivity contribution in [1.29, 1.82) is 0 Å². The van der Waals surface area contributed by atoms with Crippen LogP contribution in [0.15, 0.2) is 4.99 Å². The third-order valence-corrected chi connectivity index (χ3v) is 5.71. The van der Waals surface area contributed by atoms with E-state index in [-0.39, 0.29) is 43.8 Å². The number of rotatable bonds is 17. The van der Waals surface area contributed by atoms with Crippen LogP contribution in [0.5, 0.6) is 0 Å². The number of nitrogens with one attached hydrogen (secondary N) is 5. The number of carbonyl (C=O) groups is 5. The molecule has 1 aliphatic rings. The van der Waals surface area contributed by atoms with Crippen LogP contribution in [0.25, 0.3) is 0 Å². The van der Waals surface area contributed by atoms with Crippen molar-refractivity contribution in [3.63, 3.8) is 0 Å². The fourth-order valence-electron chi connectivity index (χ4n) is 3.64. The first kappa shape index (κ1) is 31.6. The average Bonchev–Trinajstić information content (AvgIpc) is 3.38. The van der Waals surface area contributed by atoms with E-state index in [2.05, 4.69) is 31.6 Å². The number of aliphatic carboxylic acids is 1. The Morgan fingerprint density at radius 2 is 1.70 bits per heavy atom. The maximum absolute atomic E-state index is 12.8. The van der Waals surface area contributed by atoms with E-state index in [4.69, 9.17) is 17.2 Å². The van der Waals surface area contributed by atoms with Crippen LogP contribution in [-0.4, -0.2) is 91.0 Å². The third kappa shape index (κ3) is 12.9. The summed E-state index contributed by atoms with van der Waals surface area (Å²) in [6.45, 7) is 2.46. The highest BCUT2D eigenvalue weighted by atomic mass is 16.4. The van der Waals surface area contributed by atoms with E-state index >= 15 is 0 Å². The molecule has 15 nitrogen and oxygen atoms in total. The molecule has 0 aromatic rings. The van der Waals surface area contributed by atoms with Crippen LogP contribution in [0.2, 0.25) is 0 Å². The maximum atomic E-state index is 12.8. The fraction of sp³-hybridized carbons (Fsp3) is 0.727. The molecular formula is C22H41N9O6. The monoisotopic (exact) mass is 527 g/mol. The van der Waals surface area contributed by atoms with Gasteiger partial charge in [0.25, 0.3) is 0 Å². The van der Waals surface area contributed by atoms with Gasteiger partial charge in [0.05, 0.1) is 12.6 Å². The molecular weight excluding hydrogens is 486 g/mol. The van der Waals surface area contributed by atoms with E-state index < -0.39 is 41.8 Å². The quantitative estimate of drug-likeness (QED) is 0.0514. The van der Waals surface area contributed by atoms with Crippen molar-refractivity contribution in [2.45, 2.75) is 76.0 Å². The van der Waals surface area contributed by atoms with Crippen molar-refractivity contribution in [1.82, 2.24) is 26.6 Å². The molecule has 1 rings (SSSR count). The number of hydrogen-bond acceptors (Lipinski definition) is 8. The molecule has 4 amide bonds. The first-order valence-electron chi connectivity index (χ1n) is 12.4. The number of nitrogens with zero attached hydrogens (tertiary/aromatic N) is 1. The first-order valence-corrected chi connectivity index (χ1v) is 12.4. The van der Waals surface area contributed by atoms with E-state index in [1.165, 1.54) is 6.92 Å². The van der Waals surface area contributed by atoms with E-state index in [1.54, 1.807) is 0 Å². The van der Waals surface area contributed by atoms with Crippen LogP contribution in [0, 0.1) is 0 Å². The summed E-state index contributed by atoms with van der Waals surface area (Å²) in [4.78, 5) is 65.1. The number of carbonyl (C=O) groups excluding carboxylic acids is 4. The lowest BCUT2D eigenvalue weighted by molar-refractivity contribution is -0.142. The number of carboxylic acid groups (broad SMARTS) is 1. The zero-order valence-corrected chi connectivity index (χ0v) is 21.3. The largest absolute Gasteiger partial charge is 0.480 e. The summed E-state index contributed by atoms with van der Waals surface area (Å²) in [5.74, 6) is -3.51. The Balaban J connectivity index is 2.63. The van der Waals surface area contributed by atoms with Crippen molar-refractivity contribution in [3.8, 4) is 0 Å². The Morgan fingerprint density at radius 3 is 2.30 bits per heavy atom. The lowest BCUT2D eigenvalue weighted by Crippen LogP contribution is -2.55.